The summed E-state index contributed by atoms with van der Waals surface area (Å²) in [4.78, 5) is 28.2. The maximum atomic E-state index is 12.8. The quantitative estimate of drug-likeness (QED) is 0.549. The molecule has 2 aromatic carbocycles. The highest BCUT2D eigenvalue weighted by Crippen LogP contribution is 2.24. The molecule has 22 heavy (non-hydrogen) atoms. The van der Waals surface area contributed by atoms with E-state index in [-0.39, 0.29) is 5.56 Å². The van der Waals surface area contributed by atoms with Crippen molar-refractivity contribution in [3.63, 3.8) is 0 Å². The number of nitrogens with one attached hydrogen (secondary N) is 1. The number of fused-ring (bicyclic) bond motifs is 4. The van der Waals surface area contributed by atoms with E-state index in [1.165, 1.54) is 11.5 Å². The molecule has 0 unspecified atom stereocenters. The Morgan fingerprint density at radius 3 is 2.50 bits per heavy atom. The SMILES string of the molecule is COC(=O)c1c2ccccc2c(=O)n2c1[nH]c1ccccc12. The predicted octanol–water partition coefficient (Wildman–Crippen LogP) is 2.72. The van der Waals surface area contributed by atoms with Crippen molar-refractivity contribution in [2.24, 2.45) is 0 Å². The summed E-state index contributed by atoms with van der Waals surface area (Å²) in [6.45, 7) is 0. The number of hydrogen-bond donors (Lipinski definition) is 1. The molecule has 0 fully saturated rings. The molecular weight excluding hydrogens is 280 g/mol. The predicted molar refractivity (Wildman–Crippen MR) is 84.4 cm³/mol. The number of imidazole rings is 1. The van der Waals surface area contributed by atoms with Crippen molar-refractivity contribution in [3.8, 4) is 0 Å². The smallest absolute Gasteiger partial charge is 0.342 e. The minimum Gasteiger partial charge on any atom is -0.465 e. The van der Waals surface area contributed by atoms with E-state index in [1.807, 2.05) is 24.3 Å². The minimum absolute atomic E-state index is 0.157. The van der Waals surface area contributed by atoms with Gasteiger partial charge in [-0.05, 0) is 18.2 Å². The van der Waals surface area contributed by atoms with Crippen LogP contribution in [0.5, 0.6) is 0 Å². The van der Waals surface area contributed by atoms with Gasteiger partial charge in [-0.15, -0.1) is 0 Å². The molecule has 5 nitrogen and oxygen atoms in total. The van der Waals surface area contributed by atoms with Gasteiger partial charge in [0.2, 0.25) is 0 Å². The van der Waals surface area contributed by atoms with Crippen LogP contribution in [0.3, 0.4) is 0 Å². The Morgan fingerprint density at radius 1 is 1.05 bits per heavy atom. The number of H-pyrrole nitrogens is 1. The van der Waals surface area contributed by atoms with E-state index in [0.717, 1.165) is 11.0 Å². The second kappa shape index (κ2) is 4.46. The monoisotopic (exact) mass is 292 g/mol. The van der Waals surface area contributed by atoms with Gasteiger partial charge >= 0.3 is 5.97 Å². The molecule has 4 rings (SSSR count). The lowest BCUT2D eigenvalue weighted by Gasteiger charge is -2.07. The van der Waals surface area contributed by atoms with Crippen LogP contribution in [-0.4, -0.2) is 22.5 Å². The van der Waals surface area contributed by atoms with Crippen LogP contribution in [-0.2, 0) is 4.74 Å². The molecule has 1 N–H and O–H groups in total. The van der Waals surface area contributed by atoms with Crippen molar-refractivity contribution in [2.75, 3.05) is 7.11 Å². The number of carbonyl (C=O) groups is 1. The number of benzene rings is 2. The molecule has 2 aromatic heterocycles. The number of para-hydroxylation sites is 2. The number of ether oxygens (including phenoxy) is 1. The maximum Gasteiger partial charge on any atom is 0.342 e. The van der Waals surface area contributed by atoms with Gasteiger partial charge in [0.25, 0.3) is 5.56 Å². The van der Waals surface area contributed by atoms with Crippen molar-refractivity contribution in [1.29, 1.82) is 0 Å². The second-order valence-electron chi connectivity index (χ2n) is 5.04. The van der Waals surface area contributed by atoms with Crippen molar-refractivity contribution < 1.29 is 9.53 Å². The molecule has 0 atom stereocenters. The van der Waals surface area contributed by atoms with Gasteiger partial charge in [-0.1, -0.05) is 30.3 Å². The summed E-state index contributed by atoms with van der Waals surface area (Å²) in [5, 5.41) is 1.08. The first-order valence-corrected chi connectivity index (χ1v) is 6.85. The van der Waals surface area contributed by atoms with E-state index in [4.69, 9.17) is 4.74 Å². The summed E-state index contributed by atoms with van der Waals surface area (Å²) in [5.74, 6) is -0.472. The standard InChI is InChI=1S/C17H12N2O3/c1-22-17(21)14-10-6-2-3-7-11(10)16(20)19-13-9-5-4-8-12(13)18-15(14)19/h2-9,18H,1H3. The number of hydrogen-bond acceptors (Lipinski definition) is 3. The van der Waals surface area contributed by atoms with Gasteiger partial charge in [-0.25, -0.2) is 4.79 Å². The van der Waals surface area contributed by atoms with Crippen LogP contribution >= 0.6 is 0 Å². The van der Waals surface area contributed by atoms with Crippen LogP contribution in [0.2, 0.25) is 0 Å². The van der Waals surface area contributed by atoms with Crippen LogP contribution in [0, 0.1) is 0 Å². The molecule has 0 amide bonds. The molecular formula is C17H12N2O3. The molecule has 2 heterocycles. The van der Waals surface area contributed by atoms with Crippen LogP contribution in [0.1, 0.15) is 10.4 Å². The minimum atomic E-state index is -0.472. The Bertz CT molecular complexity index is 1110. The highest BCUT2D eigenvalue weighted by atomic mass is 16.5. The number of carbonyl (C=O) groups excluding carboxylic acids is 1. The number of esters is 1. The second-order valence-corrected chi connectivity index (χ2v) is 5.04. The van der Waals surface area contributed by atoms with Gasteiger partial charge in [-0.2, -0.15) is 0 Å². The molecule has 0 aliphatic heterocycles. The van der Waals surface area contributed by atoms with Crippen molar-refractivity contribution >= 4 is 33.4 Å². The Kier molecular flexibility index (Phi) is 2.56. The van der Waals surface area contributed by atoms with Gasteiger partial charge in [0, 0.05) is 10.8 Å². The largest absolute Gasteiger partial charge is 0.465 e. The summed E-state index contributed by atoms with van der Waals surface area (Å²) in [7, 11) is 1.33. The van der Waals surface area contributed by atoms with Crippen molar-refractivity contribution in [1.82, 2.24) is 9.38 Å². The fourth-order valence-electron chi connectivity index (χ4n) is 2.91. The first-order valence-electron chi connectivity index (χ1n) is 6.85. The van der Waals surface area contributed by atoms with E-state index >= 15 is 0 Å². The molecule has 0 aliphatic rings. The summed E-state index contributed by atoms with van der Waals surface area (Å²) in [5.41, 5.74) is 2.19. The average molecular weight is 292 g/mol. The lowest BCUT2D eigenvalue weighted by atomic mass is 10.1. The molecule has 108 valence electrons. The van der Waals surface area contributed by atoms with E-state index in [9.17, 15) is 9.59 Å². The summed E-state index contributed by atoms with van der Waals surface area (Å²) in [6.07, 6.45) is 0. The average Bonchev–Trinajstić information content (AvgIpc) is 2.94. The number of rotatable bonds is 1. The fraction of sp³-hybridized carbons (Fsp3) is 0.0588. The van der Waals surface area contributed by atoms with Crippen molar-refractivity contribution in [2.45, 2.75) is 0 Å². The third kappa shape index (κ3) is 1.53. The molecule has 4 aromatic rings. The third-order valence-electron chi connectivity index (χ3n) is 3.88. The van der Waals surface area contributed by atoms with Gasteiger partial charge in [0.1, 0.15) is 11.2 Å². The Labute approximate surface area is 124 Å². The normalized spacial score (nSPS) is 11.3. The van der Waals surface area contributed by atoms with Gasteiger partial charge < -0.3 is 9.72 Å². The lowest BCUT2D eigenvalue weighted by molar-refractivity contribution is 0.0604. The fourth-order valence-corrected chi connectivity index (χ4v) is 2.91. The molecule has 0 radical (unpaired) electrons. The number of aromatic nitrogens is 2. The maximum absolute atomic E-state index is 12.8. The zero-order valence-electron chi connectivity index (χ0n) is 11.8. The number of aromatic amines is 1. The van der Waals surface area contributed by atoms with E-state index < -0.39 is 5.97 Å². The third-order valence-corrected chi connectivity index (χ3v) is 3.88. The zero-order valence-corrected chi connectivity index (χ0v) is 11.8. The van der Waals surface area contributed by atoms with Crippen LogP contribution < -0.4 is 5.56 Å². The first kappa shape index (κ1) is 12.6. The van der Waals surface area contributed by atoms with E-state index in [0.29, 0.717) is 22.0 Å². The first-order chi connectivity index (χ1) is 10.7. The van der Waals surface area contributed by atoms with Crippen LogP contribution in [0.25, 0.3) is 27.5 Å². The highest BCUT2D eigenvalue weighted by molar-refractivity contribution is 6.10. The van der Waals surface area contributed by atoms with Gasteiger partial charge in [-0.3, -0.25) is 9.20 Å². The van der Waals surface area contributed by atoms with Crippen molar-refractivity contribution in [3.05, 3.63) is 64.4 Å². The summed E-state index contributed by atoms with van der Waals surface area (Å²) in [6, 6.07) is 14.5. The molecule has 5 heteroatoms. The van der Waals surface area contributed by atoms with Crippen LogP contribution in [0.15, 0.2) is 53.3 Å². The van der Waals surface area contributed by atoms with Gasteiger partial charge in [0.15, 0.2) is 0 Å². The summed E-state index contributed by atoms with van der Waals surface area (Å²) >= 11 is 0. The van der Waals surface area contributed by atoms with Crippen LogP contribution in [0.4, 0.5) is 0 Å². The van der Waals surface area contributed by atoms with E-state index in [2.05, 4.69) is 4.98 Å². The molecule has 0 spiro atoms. The highest BCUT2D eigenvalue weighted by Gasteiger charge is 2.20. The molecule has 0 aliphatic carbocycles. The Hall–Kier alpha value is -3.08. The zero-order chi connectivity index (χ0) is 15.3. The summed E-state index contributed by atoms with van der Waals surface area (Å²) < 4.78 is 6.45. The van der Waals surface area contributed by atoms with E-state index in [1.54, 1.807) is 24.3 Å². The Morgan fingerprint density at radius 2 is 1.73 bits per heavy atom. The van der Waals surface area contributed by atoms with Gasteiger partial charge in [0.05, 0.1) is 18.1 Å². The molecule has 0 saturated heterocycles. The lowest BCUT2D eigenvalue weighted by Crippen LogP contribution is -2.17. The number of pyridine rings is 1. The molecule has 0 saturated carbocycles. The number of methoxy groups -OCH3 is 1. The molecule has 0 bridgehead atoms. The number of nitrogens with zero attached hydrogens (tertiary/aromatic N) is 1. The topological polar surface area (TPSA) is 63.6 Å². The Balaban J connectivity index is 2.38.